The van der Waals surface area contributed by atoms with Crippen molar-refractivity contribution >= 4 is 33.5 Å². The Morgan fingerprint density at radius 2 is 1.67 bits per heavy atom. The number of hydrogen-bond acceptors (Lipinski definition) is 7. The third-order valence-electron chi connectivity index (χ3n) is 5.11. The summed E-state index contributed by atoms with van der Waals surface area (Å²) in [5.74, 6) is -1.08. The smallest absolute Gasteiger partial charge is 0.348 e. The minimum absolute atomic E-state index is 0.0318. The number of nitrogens with zero attached hydrogens (tertiary/aromatic N) is 2. The molecule has 33 heavy (non-hydrogen) atoms. The van der Waals surface area contributed by atoms with Gasteiger partial charge < -0.3 is 9.47 Å². The Balaban J connectivity index is 1.66. The fraction of sp³-hybridized carbons (Fsp3) is 0.167. The van der Waals surface area contributed by atoms with Gasteiger partial charge in [0, 0.05) is 7.05 Å². The number of thiophene rings is 1. The first kappa shape index (κ1) is 22.2. The van der Waals surface area contributed by atoms with Crippen LogP contribution in [0.5, 0.6) is 0 Å². The molecule has 0 spiro atoms. The van der Waals surface area contributed by atoms with Gasteiger partial charge in [-0.3, -0.25) is 13.9 Å². The van der Waals surface area contributed by atoms with Crippen molar-refractivity contribution < 1.29 is 19.1 Å². The minimum atomic E-state index is -0.566. The van der Waals surface area contributed by atoms with E-state index in [0.29, 0.717) is 16.0 Å². The lowest BCUT2D eigenvalue weighted by atomic mass is 10.1. The van der Waals surface area contributed by atoms with Crippen LogP contribution in [0.1, 0.15) is 31.2 Å². The van der Waals surface area contributed by atoms with Crippen LogP contribution >= 0.6 is 11.3 Å². The fourth-order valence-corrected chi connectivity index (χ4v) is 4.41. The number of hydrogen-bond donors (Lipinski definition) is 0. The van der Waals surface area contributed by atoms with Gasteiger partial charge in [0.1, 0.15) is 16.3 Å². The van der Waals surface area contributed by atoms with Gasteiger partial charge in [-0.05, 0) is 29.3 Å². The molecule has 2 aromatic heterocycles. The van der Waals surface area contributed by atoms with Crippen LogP contribution in [-0.2, 0) is 29.7 Å². The van der Waals surface area contributed by atoms with Crippen LogP contribution in [0.2, 0.25) is 0 Å². The molecule has 0 radical (unpaired) electrons. The third kappa shape index (κ3) is 4.49. The molecular weight excluding hydrogens is 444 g/mol. The molecule has 2 heterocycles. The zero-order valence-electron chi connectivity index (χ0n) is 17.9. The molecule has 0 amide bonds. The molecule has 0 aliphatic heterocycles. The summed E-state index contributed by atoms with van der Waals surface area (Å²) in [6.07, 6.45) is 0. The Morgan fingerprint density at radius 3 is 2.39 bits per heavy atom. The van der Waals surface area contributed by atoms with Gasteiger partial charge in [0.2, 0.25) is 0 Å². The summed E-state index contributed by atoms with van der Waals surface area (Å²) >= 11 is 1.03. The quantitative estimate of drug-likeness (QED) is 0.407. The monoisotopic (exact) mass is 464 g/mol. The first-order valence-corrected chi connectivity index (χ1v) is 10.8. The number of aromatic nitrogens is 2. The molecule has 0 saturated heterocycles. The van der Waals surface area contributed by atoms with Crippen LogP contribution in [0.3, 0.4) is 0 Å². The molecule has 8 nitrogen and oxygen atoms in total. The molecule has 0 aliphatic rings. The number of esters is 2. The molecule has 0 unspecified atom stereocenters. The Kier molecular flexibility index (Phi) is 6.23. The molecule has 2 aromatic carbocycles. The van der Waals surface area contributed by atoms with Crippen LogP contribution in [-0.4, -0.2) is 28.2 Å². The first-order chi connectivity index (χ1) is 15.9. The highest BCUT2D eigenvalue weighted by atomic mass is 32.1. The molecule has 4 rings (SSSR count). The van der Waals surface area contributed by atoms with Crippen molar-refractivity contribution in [1.82, 2.24) is 9.13 Å². The fourth-order valence-electron chi connectivity index (χ4n) is 3.42. The van der Waals surface area contributed by atoms with Crippen LogP contribution in [0.15, 0.2) is 70.3 Å². The predicted octanol–water partition coefficient (Wildman–Crippen LogP) is 2.95. The Morgan fingerprint density at radius 1 is 0.939 bits per heavy atom. The Labute approximate surface area is 192 Å². The van der Waals surface area contributed by atoms with Crippen molar-refractivity contribution in [3.8, 4) is 0 Å². The highest BCUT2D eigenvalue weighted by molar-refractivity contribution is 7.20. The number of carbonyl (C=O) groups excluding carboxylic acids is 2. The first-order valence-electron chi connectivity index (χ1n) is 10.0. The standard InChI is InChI=1S/C24H20N2O6S/c1-25-21-18(12-19(33-21)23(29)32-14-15-7-4-3-5-8-15)20(27)26(24(25)30)13-16-9-6-10-17(11-16)22(28)31-2/h3-12H,13-14H2,1-2H3. The SMILES string of the molecule is COC(=O)c1cccc(Cn2c(=O)c3cc(C(=O)OCc4ccccc4)sc3n(C)c2=O)c1. The van der Waals surface area contributed by atoms with E-state index in [1.165, 1.54) is 17.7 Å². The number of aryl methyl sites for hydroxylation is 1. The number of rotatable bonds is 6. The van der Waals surface area contributed by atoms with Gasteiger partial charge in [0.25, 0.3) is 5.56 Å². The molecule has 0 N–H and O–H groups in total. The molecule has 4 aromatic rings. The maximum Gasteiger partial charge on any atom is 0.348 e. The second kappa shape index (κ2) is 9.25. The summed E-state index contributed by atoms with van der Waals surface area (Å²) < 4.78 is 12.5. The molecule has 0 aliphatic carbocycles. The summed E-state index contributed by atoms with van der Waals surface area (Å²) in [5, 5.41) is 0.248. The van der Waals surface area contributed by atoms with E-state index in [2.05, 4.69) is 0 Å². The van der Waals surface area contributed by atoms with Crippen LogP contribution in [0.25, 0.3) is 10.2 Å². The average Bonchev–Trinajstić information content (AvgIpc) is 3.30. The lowest BCUT2D eigenvalue weighted by molar-refractivity contribution is 0.0478. The van der Waals surface area contributed by atoms with E-state index in [4.69, 9.17) is 9.47 Å². The van der Waals surface area contributed by atoms with E-state index < -0.39 is 23.2 Å². The zero-order valence-corrected chi connectivity index (χ0v) is 18.8. The molecule has 168 valence electrons. The summed E-state index contributed by atoms with van der Waals surface area (Å²) in [6, 6.07) is 17.2. The second-order valence-electron chi connectivity index (χ2n) is 7.32. The van der Waals surface area contributed by atoms with Gasteiger partial charge in [-0.15, -0.1) is 11.3 Å². The Hall–Kier alpha value is -3.98. The van der Waals surface area contributed by atoms with Crippen LogP contribution in [0, 0.1) is 0 Å². The van der Waals surface area contributed by atoms with Crippen LogP contribution in [0.4, 0.5) is 0 Å². The zero-order chi connectivity index (χ0) is 23.5. The van der Waals surface area contributed by atoms with Gasteiger partial charge >= 0.3 is 17.6 Å². The molecule has 9 heteroatoms. The lowest BCUT2D eigenvalue weighted by Crippen LogP contribution is -2.38. The van der Waals surface area contributed by atoms with Crippen LogP contribution < -0.4 is 11.2 Å². The summed E-state index contributed by atoms with van der Waals surface area (Å²) in [6.45, 7) is 0.0729. The number of carbonyl (C=O) groups is 2. The predicted molar refractivity (Wildman–Crippen MR) is 124 cm³/mol. The molecule has 0 bridgehead atoms. The van der Waals surface area contributed by atoms with E-state index in [0.717, 1.165) is 21.5 Å². The van der Waals surface area contributed by atoms with Gasteiger partial charge in [-0.1, -0.05) is 42.5 Å². The van der Waals surface area contributed by atoms with E-state index in [1.807, 2.05) is 30.3 Å². The normalized spacial score (nSPS) is 10.8. The molecule has 0 saturated carbocycles. The topological polar surface area (TPSA) is 96.6 Å². The van der Waals surface area contributed by atoms with Crippen molar-refractivity contribution in [2.45, 2.75) is 13.2 Å². The minimum Gasteiger partial charge on any atom is -0.465 e. The summed E-state index contributed by atoms with van der Waals surface area (Å²) in [5.41, 5.74) is 0.710. The average molecular weight is 464 g/mol. The largest absolute Gasteiger partial charge is 0.465 e. The molecule has 0 fully saturated rings. The van der Waals surface area contributed by atoms with E-state index >= 15 is 0 Å². The maximum absolute atomic E-state index is 13.1. The van der Waals surface area contributed by atoms with Gasteiger partial charge in [-0.2, -0.15) is 0 Å². The highest BCUT2D eigenvalue weighted by Gasteiger charge is 2.19. The lowest BCUT2D eigenvalue weighted by Gasteiger charge is -2.09. The second-order valence-corrected chi connectivity index (χ2v) is 8.35. The van der Waals surface area contributed by atoms with E-state index in [9.17, 15) is 19.2 Å². The van der Waals surface area contributed by atoms with Crippen molar-refractivity contribution in [1.29, 1.82) is 0 Å². The maximum atomic E-state index is 13.1. The summed E-state index contributed by atoms with van der Waals surface area (Å²) in [7, 11) is 2.82. The number of methoxy groups -OCH3 is 1. The van der Waals surface area contributed by atoms with E-state index in [-0.39, 0.29) is 23.4 Å². The molecule has 0 atom stereocenters. The number of benzene rings is 2. The van der Waals surface area contributed by atoms with Gasteiger partial charge in [0.15, 0.2) is 0 Å². The number of fused-ring (bicyclic) bond motifs is 1. The Bertz CT molecular complexity index is 1470. The van der Waals surface area contributed by atoms with Crippen molar-refractivity contribution in [2.24, 2.45) is 7.05 Å². The summed E-state index contributed by atoms with van der Waals surface area (Å²) in [4.78, 5) is 51.0. The van der Waals surface area contributed by atoms with Crippen molar-refractivity contribution in [3.05, 3.63) is 103 Å². The van der Waals surface area contributed by atoms with Crippen molar-refractivity contribution in [3.63, 3.8) is 0 Å². The number of ether oxygens (including phenoxy) is 2. The van der Waals surface area contributed by atoms with E-state index in [1.54, 1.807) is 31.3 Å². The van der Waals surface area contributed by atoms with Crippen molar-refractivity contribution in [2.75, 3.05) is 7.11 Å². The van der Waals surface area contributed by atoms with Gasteiger partial charge in [0.05, 0.1) is 24.6 Å². The molecular formula is C24H20N2O6S. The van der Waals surface area contributed by atoms with Gasteiger partial charge in [-0.25, -0.2) is 14.4 Å². The highest BCUT2D eigenvalue weighted by Crippen LogP contribution is 2.23. The third-order valence-corrected chi connectivity index (χ3v) is 6.30.